The molecule has 1 N–H and O–H groups in total. The number of fused-ring (bicyclic) bond motifs is 1. The monoisotopic (exact) mass is 330 g/mol. The predicted octanol–water partition coefficient (Wildman–Crippen LogP) is 1.58. The number of imide groups is 1. The molecule has 1 heterocycles. The van der Waals surface area contributed by atoms with Crippen molar-refractivity contribution in [2.45, 2.75) is 44.6 Å². The van der Waals surface area contributed by atoms with Crippen molar-refractivity contribution in [1.29, 1.82) is 0 Å². The van der Waals surface area contributed by atoms with Crippen molar-refractivity contribution in [2.24, 2.45) is 0 Å². The van der Waals surface area contributed by atoms with Gasteiger partial charge in [0, 0.05) is 12.5 Å². The lowest BCUT2D eigenvalue weighted by molar-refractivity contribution is -0.169. The summed E-state index contributed by atoms with van der Waals surface area (Å²) < 4.78 is 0. The number of carbonyl (C=O) groups excluding carboxylic acids is 4. The molecule has 0 atom stereocenters. The summed E-state index contributed by atoms with van der Waals surface area (Å²) in [6, 6.07) is 6.44. The Balaban J connectivity index is 1.50. The third-order valence-electron chi connectivity index (χ3n) is 4.23. The van der Waals surface area contributed by atoms with E-state index in [1.807, 2.05) is 0 Å². The molecule has 0 unspecified atom stereocenters. The van der Waals surface area contributed by atoms with Crippen LogP contribution in [0.3, 0.4) is 0 Å². The number of hydroxylamine groups is 2. The highest BCUT2D eigenvalue weighted by Gasteiger charge is 2.38. The first-order chi connectivity index (χ1) is 11.6. The van der Waals surface area contributed by atoms with E-state index in [1.54, 1.807) is 12.1 Å². The Morgan fingerprint density at radius 2 is 1.62 bits per heavy atom. The highest BCUT2D eigenvalue weighted by atomic mass is 16.7. The number of hydrogen-bond acceptors (Lipinski definition) is 5. The van der Waals surface area contributed by atoms with Crippen molar-refractivity contribution in [3.63, 3.8) is 0 Å². The van der Waals surface area contributed by atoms with Crippen LogP contribution >= 0.6 is 0 Å². The molecule has 1 saturated carbocycles. The highest BCUT2D eigenvalue weighted by molar-refractivity contribution is 6.20. The van der Waals surface area contributed by atoms with Gasteiger partial charge in [-0.2, -0.15) is 0 Å². The maximum Gasteiger partial charge on any atom is 0.333 e. The SMILES string of the molecule is O=C(CCC(=O)ON1C(=O)c2ccccc2C1=O)NC1CCCC1. The zero-order valence-corrected chi connectivity index (χ0v) is 13.1. The van der Waals surface area contributed by atoms with E-state index in [-0.39, 0.29) is 35.9 Å². The fraction of sp³-hybridized carbons (Fsp3) is 0.412. The molecular weight excluding hydrogens is 312 g/mol. The summed E-state index contributed by atoms with van der Waals surface area (Å²) in [4.78, 5) is 52.6. The van der Waals surface area contributed by atoms with Gasteiger partial charge < -0.3 is 10.2 Å². The van der Waals surface area contributed by atoms with Gasteiger partial charge in [-0.05, 0) is 25.0 Å². The Morgan fingerprint density at radius 3 is 2.21 bits per heavy atom. The van der Waals surface area contributed by atoms with Crippen LogP contribution in [0.2, 0.25) is 0 Å². The van der Waals surface area contributed by atoms with Gasteiger partial charge in [-0.1, -0.05) is 30.0 Å². The van der Waals surface area contributed by atoms with Gasteiger partial charge in [0.25, 0.3) is 11.8 Å². The minimum Gasteiger partial charge on any atom is -0.353 e. The first-order valence-corrected chi connectivity index (χ1v) is 8.04. The van der Waals surface area contributed by atoms with Crippen LogP contribution in [0.25, 0.3) is 0 Å². The molecule has 24 heavy (non-hydrogen) atoms. The Labute approximate surface area is 138 Å². The van der Waals surface area contributed by atoms with E-state index in [9.17, 15) is 19.2 Å². The fourth-order valence-electron chi connectivity index (χ4n) is 2.98. The topological polar surface area (TPSA) is 92.8 Å². The number of rotatable bonds is 5. The molecule has 1 fully saturated rings. The number of amides is 3. The molecule has 1 aliphatic carbocycles. The van der Waals surface area contributed by atoms with Gasteiger partial charge in [0.15, 0.2) is 0 Å². The molecule has 0 aromatic heterocycles. The van der Waals surface area contributed by atoms with Crippen molar-refractivity contribution >= 4 is 23.7 Å². The molecule has 1 aliphatic heterocycles. The number of carbonyl (C=O) groups is 4. The van der Waals surface area contributed by atoms with Crippen LogP contribution in [0.5, 0.6) is 0 Å². The van der Waals surface area contributed by atoms with Gasteiger partial charge in [-0.3, -0.25) is 14.4 Å². The summed E-state index contributed by atoms with van der Waals surface area (Å²) in [6.45, 7) is 0. The average Bonchev–Trinajstić information content (AvgIpc) is 3.16. The number of nitrogens with one attached hydrogen (secondary N) is 1. The standard InChI is InChI=1S/C17H18N2O5/c20-14(18-11-5-1-2-6-11)9-10-15(21)24-19-16(22)12-7-3-4-8-13(12)17(19)23/h3-4,7-8,11H,1-2,5-6,9-10H2,(H,18,20). The quantitative estimate of drug-likeness (QED) is 0.828. The summed E-state index contributed by atoms with van der Waals surface area (Å²) >= 11 is 0. The lowest BCUT2D eigenvalue weighted by Gasteiger charge is -2.13. The maximum atomic E-state index is 12.1. The molecular formula is C17H18N2O5. The van der Waals surface area contributed by atoms with Gasteiger partial charge in [0.2, 0.25) is 5.91 Å². The van der Waals surface area contributed by atoms with Gasteiger partial charge in [0.1, 0.15) is 0 Å². The second kappa shape index (κ2) is 6.82. The third kappa shape index (κ3) is 3.29. The molecule has 0 bridgehead atoms. The second-order valence-electron chi connectivity index (χ2n) is 5.96. The molecule has 1 aromatic rings. The zero-order chi connectivity index (χ0) is 17.1. The van der Waals surface area contributed by atoms with Crippen LogP contribution in [-0.2, 0) is 14.4 Å². The van der Waals surface area contributed by atoms with E-state index in [4.69, 9.17) is 4.84 Å². The largest absolute Gasteiger partial charge is 0.353 e. The molecule has 3 rings (SSSR count). The third-order valence-corrected chi connectivity index (χ3v) is 4.23. The minimum absolute atomic E-state index is 0.0293. The van der Waals surface area contributed by atoms with Gasteiger partial charge in [0.05, 0.1) is 17.5 Å². The van der Waals surface area contributed by atoms with Crippen molar-refractivity contribution in [3.8, 4) is 0 Å². The van der Waals surface area contributed by atoms with E-state index in [0.717, 1.165) is 25.7 Å². The number of benzene rings is 1. The van der Waals surface area contributed by atoms with Crippen LogP contribution in [0.1, 0.15) is 59.2 Å². The van der Waals surface area contributed by atoms with Crippen molar-refractivity contribution in [1.82, 2.24) is 10.4 Å². The molecule has 3 amide bonds. The number of nitrogens with zero attached hydrogens (tertiary/aromatic N) is 1. The summed E-state index contributed by atoms with van der Waals surface area (Å²) in [5.74, 6) is -2.34. The summed E-state index contributed by atoms with van der Waals surface area (Å²) in [7, 11) is 0. The summed E-state index contributed by atoms with van der Waals surface area (Å²) in [5.41, 5.74) is 0.406. The molecule has 7 heteroatoms. The summed E-state index contributed by atoms with van der Waals surface area (Å²) in [5, 5.41) is 3.33. The highest BCUT2D eigenvalue weighted by Crippen LogP contribution is 2.23. The summed E-state index contributed by atoms with van der Waals surface area (Å²) in [6.07, 6.45) is 3.92. The average molecular weight is 330 g/mol. The van der Waals surface area contributed by atoms with Crippen LogP contribution in [0.4, 0.5) is 0 Å². The molecule has 126 valence electrons. The molecule has 1 aromatic carbocycles. The Kier molecular flexibility index (Phi) is 4.59. The zero-order valence-electron chi connectivity index (χ0n) is 13.1. The second-order valence-corrected chi connectivity index (χ2v) is 5.96. The Hall–Kier alpha value is -2.70. The fourth-order valence-corrected chi connectivity index (χ4v) is 2.98. The van der Waals surface area contributed by atoms with E-state index < -0.39 is 17.8 Å². The first kappa shape index (κ1) is 16.2. The van der Waals surface area contributed by atoms with Gasteiger partial charge >= 0.3 is 5.97 Å². The lowest BCUT2D eigenvalue weighted by Crippen LogP contribution is -2.35. The molecule has 0 spiro atoms. The Morgan fingerprint density at radius 1 is 1.04 bits per heavy atom. The van der Waals surface area contributed by atoms with E-state index in [2.05, 4.69) is 5.32 Å². The van der Waals surface area contributed by atoms with Crippen LogP contribution < -0.4 is 5.32 Å². The van der Waals surface area contributed by atoms with Gasteiger partial charge in [-0.15, -0.1) is 0 Å². The van der Waals surface area contributed by atoms with Crippen molar-refractivity contribution in [2.75, 3.05) is 0 Å². The van der Waals surface area contributed by atoms with Gasteiger partial charge in [-0.25, -0.2) is 4.79 Å². The van der Waals surface area contributed by atoms with Crippen molar-refractivity contribution in [3.05, 3.63) is 35.4 Å². The minimum atomic E-state index is -0.786. The Bertz CT molecular complexity index is 659. The molecule has 2 aliphatic rings. The van der Waals surface area contributed by atoms with E-state index in [0.29, 0.717) is 5.06 Å². The van der Waals surface area contributed by atoms with Crippen LogP contribution in [0.15, 0.2) is 24.3 Å². The van der Waals surface area contributed by atoms with E-state index in [1.165, 1.54) is 12.1 Å². The van der Waals surface area contributed by atoms with Crippen LogP contribution in [-0.4, -0.2) is 34.8 Å². The number of hydrogen-bond donors (Lipinski definition) is 1. The predicted molar refractivity (Wildman–Crippen MR) is 82.7 cm³/mol. The molecule has 0 saturated heterocycles. The smallest absolute Gasteiger partial charge is 0.333 e. The molecule has 7 nitrogen and oxygen atoms in total. The molecule has 0 radical (unpaired) electrons. The first-order valence-electron chi connectivity index (χ1n) is 8.04. The lowest BCUT2D eigenvalue weighted by atomic mass is 10.1. The normalized spacial score (nSPS) is 17.1. The van der Waals surface area contributed by atoms with Crippen LogP contribution in [0, 0.1) is 0 Å². The van der Waals surface area contributed by atoms with Crippen molar-refractivity contribution < 1.29 is 24.0 Å². The maximum absolute atomic E-state index is 12.1. The van der Waals surface area contributed by atoms with E-state index >= 15 is 0 Å².